The molecule has 5 heteroatoms. The Morgan fingerprint density at radius 1 is 0.833 bits per heavy atom. The molecule has 2 aromatic heterocycles. The minimum Gasteiger partial charge on any atom is -0.360 e. The van der Waals surface area contributed by atoms with Crippen LogP contribution in [0.1, 0.15) is 37.4 Å². The molecule has 0 amide bonds. The number of H-pyrrole nitrogens is 2. The number of halogens is 1. The number of hydrogen-bond donors (Lipinski definition) is 2. The molecule has 2 N–H and O–H groups in total. The third kappa shape index (κ3) is 4.32. The third-order valence-electron chi connectivity index (χ3n) is 3.59. The molecule has 0 fully saturated rings. The molecule has 0 atom stereocenters. The average Bonchev–Trinajstić information content (AvgIpc) is 3.15. The van der Waals surface area contributed by atoms with E-state index in [-0.39, 0.29) is 0 Å². The predicted molar refractivity (Wildman–Crippen MR) is 99.7 cm³/mol. The smallest absolute Gasteiger partial charge is 0.151 e. The summed E-state index contributed by atoms with van der Waals surface area (Å²) in [6.45, 7) is 6.28. The number of benzene rings is 1. The molecule has 0 aliphatic rings. The molecule has 0 spiro atoms. The van der Waals surface area contributed by atoms with E-state index in [1.807, 2.05) is 6.07 Å². The fourth-order valence-electron chi connectivity index (χ4n) is 2.68. The summed E-state index contributed by atoms with van der Waals surface area (Å²) in [6.07, 6.45) is 5.03. The number of carbonyl (C=O) groups is 2. The van der Waals surface area contributed by atoms with Crippen molar-refractivity contribution in [3.05, 3.63) is 69.1 Å². The number of nitrogens with one attached hydrogen (secondary N) is 2. The van der Waals surface area contributed by atoms with Crippen LogP contribution in [0.4, 0.5) is 0 Å². The Hall–Kier alpha value is -2.40. The van der Waals surface area contributed by atoms with Crippen molar-refractivity contribution >= 4 is 28.5 Å². The summed E-state index contributed by atoms with van der Waals surface area (Å²) >= 11 is 3.16. The van der Waals surface area contributed by atoms with E-state index in [1.54, 1.807) is 18.5 Å². The van der Waals surface area contributed by atoms with Gasteiger partial charge in [-0.15, -0.1) is 0 Å². The number of aromatic amines is 2. The van der Waals surface area contributed by atoms with Crippen molar-refractivity contribution in [3.63, 3.8) is 0 Å². The molecule has 0 radical (unpaired) electrons. The summed E-state index contributed by atoms with van der Waals surface area (Å²) in [5, 5.41) is 0. The van der Waals surface area contributed by atoms with E-state index in [1.165, 1.54) is 22.3 Å². The SMILES string of the molecule is Cc1cc(C)c(-c2cc(C=O)c[nH]2)c(C)c1.O=Cc1c[nH]c(Br)c1. The van der Waals surface area contributed by atoms with Gasteiger partial charge in [-0.2, -0.15) is 0 Å². The first-order chi connectivity index (χ1) is 11.4. The number of aldehydes is 2. The van der Waals surface area contributed by atoms with E-state index in [0.29, 0.717) is 11.1 Å². The largest absolute Gasteiger partial charge is 0.360 e. The Balaban J connectivity index is 0.000000219. The Morgan fingerprint density at radius 3 is 1.79 bits per heavy atom. The molecule has 0 bridgehead atoms. The van der Waals surface area contributed by atoms with Crippen LogP contribution in [0, 0.1) is 20.8 Å². The highest BCUT2D eigenvalue weighted by molar-refractivity contribution is 9.10. The lowest BCUT2D eigenvalue weighted by atomic mass is 9.97. The quantitative estimate of drug-likeness (QED) is 0.621. The second kappa shape index (κ2) is 7.93. The van der Waals surface area contributed by atoms with E-state index in [4.69, 9.17) is 0 Å². The van der Waals surface area contributed by atoms with E-state index >= 15 is 0 Å². The van der Waals surface area contributed by atoms with Crippen LogP contribution in [0.3, 0.4) is 0 Å². The van der Waals surface area contributed by atoms with Gasteiger partial charge in [-0.25, -0.2) is 0 Å². The number of carbonyl (C=O) groups excluding carboxylic acids is 2. The lowest BCUT2D eigenvalue weighted by Crippen LogP contribution is -1.89. The van der Waals surface area contributed by atoms with Crippen molar-refractivity contribution in [2.24, 2.45) is 0 Å². The molecule has 0 saturated heterocycles. The lowest BCUT2D eigenvalue weighted by Gasteiger charge is -2.09. The molecule has 0 saturated carbocycles. The first-order valence-electron chi connectivity index (χ1n) is 7.45. The molecule has 1 aromatic carbocycles. The minimum atomic E-state index is 0.664. The van der Waals surface area contributed by atoms with Crippen molar-refractivity contribution in [2.75, 3.05) is 0 Å². The topological polar surface area (TPSA) is 65.7 Å². The fraction of sp³-hybridized carbons (Fsp3) is 0.158. The zero-order chi connectivity index (χ0) is 17.7. The van der Waals surface area contributed by atoms with Crippen molar-refractivity contribution in [3.8, 4) is 11.3 Å². The second-order valence-electron chi connectivity index (χ2n) is 5.64. The van der Waals surface area contributed by atoms with Crippen LogP contribution in [-0.4, -0.2) is 22.5 Å². The predicted octanol–water partition coefficient (Wildman–Crippen LogP) is 5.01. The van der Waals surface area contributed by atoms with Crippen molar-refractivity contribution in [1.82, 2.24) is 9.97 Å². The standard InChI is InChI=1S/C14H15NO.C5H4BrNO/c1-9-4-10(2)14(11(3)5-9)13-6-12(8-16)7-15-13;6-5-1-4(3-8)2-7-5/h4-8,15H,1-3H3;1-3,7H. The first kappa shape index (κ1) is 17.9. The molecular formula is C19H19BrN2O2. The molecule has 4 nitrogen and oxygen atoms in total. The van der Waals surface area contributed by atoms with Gasteiger partial charge in [-0.1, -0.05) is 17.7 Å². The Morgan fingerprint density at radius 2 is 1.38 bits per heavy atom. The third-order valence-corrected chi connectivity index (χ3v) is 4.05. The van der Waals surface area contributed by atoms with Gasteiger partial charge in [0.2, 0.25) is 0 Å². The molecule has 124 valence electrons. The van der Waals surface area contributed by atoms with Crippen molar-refractivity contribution in [1.29, 1.82) is 0 Å². The molecule has 3 rings (SSSR count). The highest BCUT2D eigenvalue weighted by Gasteiger charge is 2.08. The van der Waals surface area contributed by atoms with Gasteiger partial charge in [0.25, 0.3) is 0 Å². The first-order valence-corrected chi connectivity index (χ1v) is 8.24. The highest BCUT2D eigenvalue weighted by atomic mass is 79.9. The van der Waals surface area contributed by atoms with E-state index in [9.17, 15) is 9.59 Å². The number of aromatic nitrogens is 2. The fourth-order valence-corrected chi connectivity index (χ4v) is 3.06. The monoisotopic (exact) mass is 386 g/mol. The summed E-state index contributed by atoms with van der Waals surface area (Å²) in [7, 11) is 0. The maximum Gasteiger partial charge on any atom is 0.151 e. The van der Waals surface area contributed by atoms with Gasteiger partial charge in [0.1, 0.15) is 0 Å². The summed E-state index contributed by atoms with van der Waals surface area (Å²) in [6, 6.07) is 7.91. The van der Waals surface area contributed by atoms with Crippen LogP contribution in [-0.2, 0) is 0 Å². The van der Waals surface area contributed by atoms with Gasteiger partial charge in [0.15, 0.2) is 12.6 Å². The molecule has 24 heavy (non-hydrogen) atoms. The van der Waals surface area contributed by atoms with Gasteiger partial charge in [-0.3, -0.25) is 9.59 Å². The van der Waals surface area contributed by atoms with Crippen LogP contribution >= 0.6 is 15.9 Å². The van der Waals surface area contributed by atoms with Crippen LogP contribution in [0.5, 0.6) is 0 Å². The summed E-state index contributed by atoms with van der Waals surface area (Å²) in [5.74, 6) is 0. The Labute approximate surface area is 149 Å². The zero-order valence-corrected chi connectivity index (χ0v) is 15.4. The molecule has 3 aromatic rings. The average molecular weight is 387 g/mol. The van der Waals surface area contributed by atoms with Gasteiger partial charge >= 0.3 is 0 Å². The normalized spacial score (nSPS) is 10.0. The molecule has 0 aliphatic carbocycles. The van der Waals surface area contributed by atoms with Gasteiger partial charge in [0, 0.05) is 34.8 Å². The van der Waals surface area contributed by atoms with Crippen molar-refractivity contribution in [2.45, 2.75) is 20.8 Å². The van der Waals surface area contributed by atoms with E-state index in [2.05, 4.69) is 58.8 Å². The molecular weight excluding hydrogens is 368 g/mol. The Kier molecular flexibility index (Phi) is 5.93. The van der Waals surface area contributed by atoms with Crippen LogP contribution < -0.4 is 0 Å². The highest BCUT2D eigenvalue weighted by Crippen LogP contribution is 2.27. The number of aryl methyl sites for hydroxylation is 3. The van der Waals surface area contributed by atoms with E-state index in [0.717, 1.165) is 22.9 Å². The maximum atomic E-state index is 10.7. The minimum absolute atomic E-state index is 0.664. The van der Waals surface area contributed by atoms with Crippen molar-refractivity contribution < 1.29 is 9.59 Å². The zero-order valence-electron chi connectivity index (χ0n) is 13.8. The van der Waals surface area contributed by atoms with Gasteiger partial charge in [-0.05, 0) is 60.0 Å². The number of rotatable bonds is 3. The molecule has 0 unspecified atom stereocenters. The number of hydrogen-bond acceptors (Lipinski definition) is 2. The summed E-state index contributed by atoms with van der Waals surface area (Å²) in [4.78, 5) is 26.6. The van der Waals surface area contributed by atoms with Crippen LogP contribution in [0.15, 0.2) is 41.3 Å². The van der Waals surface area contributed by atoms with Crippen LogP contribution in [0.2, 0.25) is 0 Å². The van der Waals surface area contributed by atoms with Gasteiger partial charge in [0.05, 0.1) is 4.60 Å². The molecule has 0 aliphatic heterocycles. The van der Waals surface area contributed by atoms with E-state index < -0.39 is 0 Å². The molecule has 2 heterocycles. The Bertz CT molecular complexity index is 839. The second-order valence-corrected chi connectivity index (χ2v) is 6.49. The maximum absolute atomic E-state index is 10.7. The lowest BCUT2D eigenvalue weighted by molar-refractivity contribution is 0.111. The van der Waals surface area contributed by atoms with Crippen LogP contribution in [0.25, 0.3) is 11.3 Å². The summed E-state index contributed by atoms with van der Waals surface area (Å²) in [5.41, 5.74) is 7.29. The summed E-state index contributed by atoms with van der Waals surface area (Å²) < 4.78 is 0.833. The van der Waals surface area contributed by atoms with Gasteiger partial charge < -0.3 is 9.97 Å².